The summed E-state index contributed by atoms with van der Waals surface area (Å²) in [7, 11) is 0. The molecule has 2 aromatic heterocycles. The van der Waals surface area contributed by atoms with E-state index in [0.29, 0.717) is 24.4 Å². The highest BCUT2D eigenvalue weighted by atomic mass is 16.5. The number of ether oxygens (including phenoxy) is 1. The Labute approximate surface area is 134 Å². The molecule has 2 fully saturated rings. The van der Waals surface area contributed by atoms with Crippen molar-refractivity contribution in [2.24, 2.45) is 0 Å². The fraction of sp³-hybridized carbons (Fsp3) is 0.588. The van der Waals surface area contributed by atoms with E-state index in [1.165, 1.54) is 0 Å². The van der Waals surface area contributed by atoms with E-state index in [-0.39, 0.29) is 18.1 Å². The predicted octanol–water partition coefficient (Wildman–Crippen LogP) is 2.57. The van der Waals surface area contributed by atoms with Crippen LogP contribution in [0.3, 0.4) is 0 Å². The van der Waals surface area contributed by atoms with Crippen LogP contribution < -0.4 is 0 Å². The summed E-state index contributed by atoms with van der Waals surface area (Å²) >= 11 is 0. The van der Waals surface area contributed by atoms with Crippen molar-refractivity contribution in [3.05, 3.63) is 23.5 Å². The van der Waals surface area contributed by atoms with Gasteiger partial charge in [0.1, 0.15) is 0 Å². The first-order valence-electron chi connectivity index (χ1n) is 8.45. The summed E-state index contributed by atoms with van der Waals surface area (Å²) in [6.07, 6.45) is 6.82. The summed E-state index contributed by atoms with van der Waals surface area (Å²) in [5.41, 5.74) is 2.00. The van der Waals surface area contributed by atoms with Crippen LogP contribution in [-0.4, -0.2) is 46.2 Å². The molecule has 1 saturated carbocycles. The highest BCUT2D eigenvalue weighted by molar-refractivity contribution is 5.97. The number of rotatable bonds is 3. The lowest BCUT2D eigenvalue weighted by Crippen LogP contribution is -2.51. The second-order valence-electron chi connectivity index (χ2n) is 6.36. The van der Waals surface area contributed by atoms with Crippen molar-refractivity contribution >= 4 is 17.0 Å². The van der Waals surface area contributed by atoms with Crippen molar-refractivity contribution < 1.29 is 14.1 Å². The molecule has 2 unspecified atom stereocenters. The molecule has 0 bridgehead atoms. The minimum Gasteiger partial charge on any atom is -0.374 e. The Morgan fingerprint density at radius 2 is 2.35 bits per heavy atom. The van der Waals surface area contributed by atoms with Gasteiger partial charge >= 0.3 is 0 Å². The van der Waals surface area contributed by atoms with Crippen LogP contribution >= 0.6 is 0 Å². The van der Waals surface area contributed by atoms with Gasteiger partial charge in [0.15, 0.2) is 0 Å². The van der Waals surface area contributed by atoms with Gasteiger partial charge in [0.05, 0.1) is 35.4 Å². The number of hydrogen-bond donors (Lipinski definition) is 0. The number of pyridine rings is 1. The van der Waals surface area contributed by atoms with Gasteiger partial charge < -0.3 is 14.2 Å². The molecular weight excluding hydrogens is 294 g/mol. The van der Waals surface area contributed by atoms with Crippen LogP contribution in [0.25, 0.3) is 11.1 Å². The van der Waals surface area contributed by atoms with Gasteiger partial charge in [-0.3, -0.25) is 4.79 Å². The lowest BCUT2D eigenvalue weighted by atomic mass is 10.1. The summed E-state index contributed by atoms with van der Waals surface area (Å²) in [4.78, 5) is 19.2. The smallest absolute Gasteiger partial charge is 0.257 e. The normalized spacial score (nSPS) is 24.1. The monoisotopic (exact) mass is 315 g/mol. The SMILES string of the molecule is CCCc1noc2ncc(C(=O)N3CCOC4CCCC43)cc12. The van der Waals surface area contributed by atoms with Crippen LogP contribution in [0.2, 0.25) is 0 Å². The van der Waals surface area contributed by atoms with Crippen LogP contribution in [-0.2, 0) is 11.2 Å². The second-order valence-corrected chi connectivity index (χ2v) is 6.36. The third-order valence-electron chi connectivity index (χ3n) is 4.88. The molecule has 2 aromatic rings. The molecule has 2 aliphatic rings. The van der Waals surface area contributed by atoms with Crippen LogP contribution in [0.15, 0.2) is 16.8 Å². The van der Waals surface area contributed by atoms with E-state index in [1.54, 1.807) is 6.20 Å². The highest BCUT2D eigenvalue weighted by Gasteiger charge is 2.38. The summed E-state index contributed by atoms with van der Waals surface area (Å²) in [6.45, 7) is 3.37. The third-order valence-corrected chi connectivity index (χ3v) is 4.88. The van der Waals surface area contributed by atoms with E-state index < -0.39 is 0 Å². The molecule has 0 aromatic carbocycles. The van der Waals surface area contributed by atoms with Crippen molar-refractivity contribution in [2.45, 2.75) is 51.2 Å². The van der Waals surface area contributed by atoms with Gasteiger partial charge in [0.25, 0.3) is 11.6 Å². The Morgan fingerprint density at radius 1 is 1.43 bits per heavy atom. The number of hydrogen-bond acceptors (Lipinski definition) is 5. The van der Waals surface area contributed by atoms with Gasteiger partial charge in [0.2, 0.25) is 0 Å². The first-order chi connectivity index (χ1) is 11.3. The molecule has 1 aliphatic carbocycles. The average Bonchev–Trinajstić information content (AvgIpc) is 3.21. The van der Waals surface area contributed by atoms with E-state index in [1.807, 2.05) is 11.0 Å². The van der Waals surface area contributed by atoms with E-state index in [9.17, 15) is 4.79 Å². The Hall–Kier alpha value is -1.95. The fourth-order valence-electron chi connectivity index (χ4n) is 3.76. The number of amides is 1. The first-order valence-corrected chi connectivity index (χ1v) is 8.45. The average molecular weight is 315 g/mol. The van der Waals surface area contributed by atoms with Crippen molar-refractivity contribution in [3.8, 4) is 0 Å². The standard InChI is InChI=1S/C17H21N3O3/c1-2-4-13-12-9-11(10-18-16(12)23-19-13)17(21)20-7-8-22-15-6-3-5-14(15)20/h9-10,14-15H,2-8H2,1H3. The van der Waals surface area contributed by atoms with Crippen molar-refractivity contribution in [3.63, 3.8) is 0 Å². The molecule has 0 radical (unpaired) electrons. The molecule has 0 spiro atoms. The van der Waals surface area contributed by atoms with Crippen LogP contribution in [0.1, 0.15) is 48.7 Å². The van der Waals surface area contributed by atoms with Crippen LogP contribution in [0.5, 0.6) is 0 Å². The van der Waals surface area contributed by atoms with Crippen molar-refractivity contribution in [2.75, 3.05) is 13.2 Å². The molecule has 4 rings (SSSR count). The zero-order valence-electron chi connectivity index (χ0n) is 13.3. The number of carbonyl (C=O) groups excluding carboxylic acids is 1. The molecule has 1 saturated heterocycles. The molecule has 0 N–H and O–H groups in total. The Kier molecular flexibility index (Phi) is 3.77. The van der Waals surface area contributed by atoms with Gasteiger partial charge in [-0.1, -0.05) is 18.5 Å². The maximum atomic E-state index is 13.0. The quantitative estimate of drug-likeness (QED) is 0.870. The minimum atomic E-state index is 0.0447. The largest absolute Gasteiger partial charge is 0.374 e. The number of aryl methyl sites for hydroxylation is 1. The highest BCUT2D eigenvalue weighted by Crippen LogP contribution is 2.31. The topological polar surface area (TPSA) is 68.5 Å². The van der Waals surface area contributed by atoms with Gasteiger partial charge in [-0.05, 0) is 31.7 Å². The molecule has 122 valence electrons. The number of carbonyl (C=O) groups is 1. The molecule has 23 heavy (non-hydrogen) atoms. The lowest BCUT2D eigenvalue weighted by molar-refractivity contribution is -0.0445. The summed E-state index contributed by atoms with van der Waals surface area (Å²) in [5.74, 6) is 0.0447. The number of aromatic nitrogens is 2. The summed E-state index contributed by atoms with van der Waals surface area (Å²) in [5, 5.41) is 4.92. The maximum Gasteiger partial charge on any atom is 0.257 e. The number of fused-ring (bicyclic) bond motifs is 2. The van der Waals surface area contributed by atoms with Crippen LogP contribution in [0, 0.1) is 0 Å². The van der Waals surface area contributed by atoms with E-state index in [4.69, 9.17) is 9.26 Å². The van der Waals surface area contributed by atoms with Crippen molar-refractivity contribution in [1.29, 1.82) is 0 Å². The number of nitrogens with zero attached hydrogens (tertiary/aromatic N) is 3. The molecular formula is C17H21N3O3. The van der Waals surface area contributed by atoms with Crippen LogP contribution in [0.4, 0.5) is 0 Å². The predicted molar refractivity (Wildman–Crippen MR) is 84.2 cm³/mol. The molecule has 1 amide bonds. The molecule has 1 aliphatic heterocycles. The summed E-state index contributed by atoms with van der Waals surface area (Å²) in [6, 6.07) is 2.09. The van der Waals surface area contributed by atoms with E-state index >= 15 is 0 Å². The molecule has 2 atom stereocenters. The fourth-order valence-corrected chi connectivity index (χ4v) is 3.76. The lowest BCUT2D eigenvalue weighted by Gasteiger charge is -2.37. The minimum absolute atomic E-state index is 0.0447. The molecule has 6 nitrogen and oxygen atoms in total. The summed E-state index contributed by atoms with van der Waals surface area (Å²) < 4.78 is 11.0. The van der Waals surface area contributed by atoms with Gasteiger partial charge in [-0.15, -0.1) is 0 Å². The number of morpholine rings is 1. The maximum absolute atomic E-state index is 13.0. The van der Waals surface area contributed by atoms with Gasteiger partial charge in [-0.25, -0.2) is 4.98 Å². The molecule has 6 heteroatoms. The molecule has 3 heterocycles. The van der Waals surface area contributed by atoms with E-state index in [0.717, 1.165) is 43.2 Å². The third kappa shape index (κ3) is 2.51. The zero-order valence-corrected chi connectivity index (χ0v) is 13.3. The zero-order chi connectivity index (χ0) is 15.8. The Morgan fingerprint density at radius 3 is 3.22 bits per heavy atom. The second kappa shape index (κ2) is 5.92. The van der Waals surface area contributed by atoms with Gasteiger partial charge in [0, 0.05) is 12.7 Å². The van der Waals surface area contributed by atoms with Crippen molar-refractivity contribution in [1.82, 2.24) is 15.0 Å². The Bertz CT molecular complexity index is 727. The first kappa shape index (κ1) is 14.6. The van der Waals surface area contributed by atoms with E-state index in [2.05, 4.69) is 17.1 Å². The van der Waals surface area contributed by atoms with Gasteiger partial charge in [-0.2, -0.15) is 0 Å². The Balaban J connectivity index is 1.65.